The summed E-state index contributed by atoms with van der Waals surface area (Å²) in [5.41, 5.74) is -1.01. The molecule has 4 nitrogen and oxygen atoms in total. The van der Waals surface area contributed by atoms with Gasteiger partial charge in [0.1, 0.15) is 0 Å². The Bertz CT molecular complexity index is 564. The van der Waals surface area contributed by atoms with Crippen LogP contribution in [0.2, 0.25) is 0 Å². The fourth-order valence-electron chi connectivity index (χ4n) is 1.80. The molecular formula is C13H14BrF3N4. The van der Waals surface area contributed by atoms with Gasteiger partial charge in [0.25, 0.3) is 0 Å². The first kappa shape index (κ1) is 17.5. The van der Waals surface area contributed by atoms with Crippen LogP contribution in [0.4, 0.5) is 13.2 Å². The van der Waals surface area contributed by atoms with Gasteiger partial charge in [0.05, 0.1) is 28.8 Å². The average Bonchev–Trinajstić information content (AvgIpc) is 2.74. The fourth-order valence-corrected chi connectivity index (χ4v) is 2.58. The van der Waals surface area contributed by atoms with Crippen LogP contribution < -0.4 is 0 Å². The summed E-state index contributed by atoms with van der Waals surface area (Å²) < 4.78 is 39.0. The highest BCUT2D eigenvalue weighted by molar-refractivity contribution is 9.10. The number of rotatable bonds is 5. The molecule has 0 unspecified atom stereocenters. The van der Waals surface area contributed by atoms with E-state index < -0.39 is 24.4 Å². The minimum absolute atomic E-state index is 0.120. The maximum atomic E-state index is 12.3. The maximum absolute atomic E-state index is 12.3. The van der Waals surface area contributed by atoms with Crippen LogP contribution in [0.25, 0.3) is 0 Å². The van der Waals surface area contributed by atoms with Gasteiger partial charge in [-0.05, 0) is 28.3 Å². The second-order valence-corrected chi connectivity index (χ2v) is 5.99. The summed E-state index contributed by atoms with van der Waals surface area (Å²) in [5.74, 6) is 0.120. The van der Waals surface area contributed by atoms with Gasteiger partial charge < -0.3 is 0 Å². The summed E-state index contributed by atoms with van der Waals surface area (Å²) in [4.78, 5) is 0. The van der Waals surface area contributed by atoms with Crippen molar-refractivity contribution in [2.24, 2.45) is 5.41 Å². The number of halogens is 4. The third kappa shape index (κ3) is 4.75. The van der Waals surface area contributed by atoms with Crippen molar-refractivity contribution in [3.8, 4) is 12.1 Å². The predicted molar refractivity (Wildman–Crippen MR) is 73.0 cm³/mol. The zero-order valence-corrected chi connectivity index (χ0v) is 13.2. The van der Waals surface area contributed by atoms with Gasteiger partial charge in [-0.3, -0.25) is 4.68 Å². The maximum Gasteiger partial charge on any atom is 0.389 e. The molecule has 1 heterocycles. The van der Waals surface area contributed by atoms with E-state index in [1.165, 1.54) is 4.68 Å². The van der Waals surface area contributed by atoms with Crippen molar-refractivity contribution in [2.45, 2.75) is 45.3 Å². The molecule has 0 saturated carbocycles. The molecule has 1 rings (SSSR count). The molecule has 0 saturated heterocycles. The first-order valence-electron chi connectivity index (χ1n) is 6.24. The van der Waals surface area contributed by atoms with E-state index in [0.717, 1.165) is 5.69 Å². The third-order valence-electron chi connectivity index (χ3n) is 2.99. The molecule has 21 heavy (non-hydrogen) atoms. The third-order valence-corrected chi connectivity index (χ3v) is 3.60. The van der Waals surface area contributed by atoms with Crippen LogP contribution in [-0.4, -0.2) is 16.0 Å². The number of hydrogen-bond acceptors (Lipinski definition) is 3. The Labute approximate surface area is 129 Å². The summed E-state index contributed by atoms with van der Waals surface area (Å²) in [6.07, 6.45) is -4.56. The van der Waals surface area contributed by atoms with Gasteiger partial charge in [0, 0.05) is 12.6 Å². The van der Waals surface area contributed by atoms with E-state index in [9.17, 15) is 13.2 Å². The Morgan fingerprint density at radius 1 is 1.29 bits per heavy atom. The Kier molecular flexibility index (Phi) is 5.41. The summed E-state index contributed by atoms with van der Waals surface area (Å²) in [5, 5.41) is 22.5. The molecule has 1 aromatic heterocycles. The van der Waals surface area contributed by atoms with Crippen molar-refractivity contribution in [1.29, 1.82) is 10.5 Å². The molecule has 0 atom stereocenters. The van der Waals surface area contributed by atoms with E-state index >= 15 is 0 Å². The number of nitrogens with zero attached hydrogens (tertiary/aromatic N) is 4. The second-order valence-electron chi connectivity index (χ2n) is 5.14. The molecule has 8 heteroatoms. The standard InChI is InChI=1S/C13H14BrF3N4/c1-9(2)11-10(14)5-21(20-11)8-12(6-18,7-19)3-4-13(15,16)17/h5,9H,3-4,8H2,1-2H3. The highest BCUT2D eigenvalue weighted by Crippen LogP contribution is 2.32. The van der Waals surface area contributed by atoms with Crippen molar-refractivity contribution in [3.05, 3.63) is 16.4 Å². The van der Waals surface area contributed by atoms with E-state index in [1.807, 2.05) is 13.8 Å². The van der Waals surface area contributed by atoms with Gasteiger partial charge in [-0.2, -0.15) is 28.8 Å². The topological polar surface area (TPSA) is 65.4 Å². The zero-order chi connectivity index (χ0) is 16.3. The molecule has 0 aromatic carbocycles. The van der Waals surface area contributed by atoms with E-state index in [1.54, 1.807) is 18.3 Å². The minimum Gasteiger partial charge on any atom is -0.269 e. The molecule has 0 fully saturated rings. The normalized spacial score (nSPS) is 12.2. The second kappa shape index (κ2) is 6.48. The lowest BCUT2D eigenvalue weighted by atomic mass is 9.86. The first-order valence-corrected chi connectivity index (χ1v) is 7.04. The van der Waals surface area contributed by atoms with Crippen LogP contribution in [-0.2, 0) is 6.54 Å². The fraction of sp³-hybridized carbons (Fsp3) is 0.615. The van der Waals surface area contributed by atoms with Gasteiger partial charge in [-0.1, -0.05) is 13.8 Å². The van der Waals surface area contributed by atoms with E-state index in [4.69, 9.17) is 10.5 Å². The van der Waals surface area contributed by atoms with E-state index in [-0.39, 0.29) is 12.5 Å². The zero-order valence-electron chi connectivity index (χ0n) is 11.6. The van der Waals surface area contributed by atoms with Gasteiger partial charge in [-0.25, -0.2) is 0 Å². The highest BCUT2D eigenvalue weighted by atomic mass is 79.9. The first-order chi connectivity index (χ1) is 9.62. The van der Waals surface area contributed by atoms with Gasteiger partial charge in [-0.15, -0.1) is 0 Å². The molecule has 0 amide bonds. The van der Waals surface area contributed by atoms with Crippen molar-refractivity contribution >= 4 is 15.9 Å². The van der Waals surface area contributed by atoms with Crippen molar-refractivity contribution in [2.75, 3.05) is 0 Å². The number of nitriles is 2. The molecule has 0 aliphatic heterocycles. The molecule has 0 spiro atoms. The predicted octanol–water partition coefficient (Wildman–Crippen LogP) is 4.15. The Hall–Kier alpha value is -1.54. The minimum atomic E-state index is -4.40. The SMILES string of the molecule is CC(C)c1nn(CC(C#N)(C#N)CCC(F)(F)F)cc1Br. The van der Waals surface area contributed by atoms with Crippen LogP contribution in [0.15, 0.2) is 10.7 Å². The van der Waals surface area contributed by atoms with Gasteiger partial charge >= 0.3 is 6.18 Å². The summed E-state index contributed by atoms with van der Waals surface area (Å²) >= 11 is 3.31. The quantitative estimate of drug-likeness (QED) is 0.790. The molecule has 0 radical (unpaired) electrons. The Balaban J connectivity index is 2.96. The molecule has 1 aromatic rings. The molecule has 114 valence electrons. The van der Waals surface area contributed by atoms with Crippen molar-refractivity contribution in [3.63, 3.8) is 0 Å². The molecule has 0 aliphatic carbocycles. The van der Waals surface area contributed by atoms with E-state index in [0.29, 0.717) is 4.47 Å². The van der Waals surface area contributed by atoms with Crippen LogP contribution in [0.3, 0.4) is 0 Å². The lowest BCUT2D eigenvalue weighted by Gasteiger charge is -2.19. The molecule has 0 aliphatic rings. The molecule has 0 bridgehead atoms. The number of alkyl halides is 3. The molecular weight excluding hydrogens is 349 g/mol. The lowest BCUT2D eigenvalue weighted by Crippen LogP contribution is -2.26. The number of hydrogen-bond donors (Lipinski definition) is 0. The van der Waals surface area contributed by atoms with Crippen molar-refractivity contribution in [1.82, 2.24) is 9.78 Å². The van der Waals surface area contributed by atoms with Crippen molar-refractivity contribution < 1.29 is 13.2 Å². The lowest BCUT2D eigenvalue weighted by molar-refractivity contribution is -0.138. The van der Waals surface area contributed by atoms with Gasteiger partial charge in [0.2, 0.25) is 0 Å². The van der Waals surface area contributed by atoms with E-state index in [2.05, 4.69) is 21.0 Å². The average molecular weight is 363 g/mol. The number of aromatic nitrogens is 2. The molecule has 0 N–H and O–H groups in total. The highest BCUT2D eigenvalue weighted by Gasteiger charge is 2.37. The van der Waals surface area contributed by atoms with Crippen LogP contribution in [0.1, 0.15) is 38.3 Å². The monoisotopic (exact) mass is 362 g/mol. The van der Waals surface area contributed by atoms with Crippen LogP contribution in [0, 0.1) is 28.1 Å². The van der Waals surface area contributed by atoms with Crippen LogP contribution in [0.5, 0.6) is 0 Å². The summed E-state index contributed by atoms with van der Waals surface area (Å²) in [6.45, 7) is 3.65. The summed E-state index contributed by atoms with van der Waals surface area (Å²) in [7, 11) is 0. The summed E-state index contributed by atoms with van der Waals surface area (Å²) in [6, 6.07) is 3.41. The Morgan fingerprint density at radius 2 is 1.86 bits per heavy atom. The largest absolute Gasteiger partial charge is 0.389 e. The van der Waals surface area contributed by atoms with Gasteiger partial charge in [0.15, 0.2) is 5.41 Å². The van der Waals surface area contributed by atoms with Crippen LogP contribution >= 0.6 is 15.9 Å². The smallest absolute Gasteiger partial charge is 0.269 e. The Morgan fingerprint density at radius 3 is 2.24 bits per heavy atom.